The van der Waals surface area contributed by atoms with E-state index in [0.717, 1.165) is 71.5 Å². The summed E-state index contributed by atoms with van der Waals surface area (Å²) in [6.07, 6.45) is 3.75. The van der Waals surface area contributed by atoms with Crippen molar-refractivity contribution in [1.82, 2.24) is 24.1 Å². The maximum absolute atomic E-state index is 6.48. The fourth-order valence-corrected chi connectivity index (χ4v) is 7.74. The highest BCUT2D eigenvalue weighted by molar-refractivity contribution is 6.26. The third-order valence-electron chi connectivity index (χ3n) is 9.82. The zero-order valence-electron chi connectivity index (χ0n) is 26.1. The fourth-order valence-electron chi connectivity index (χ4n) is 7.74. The van der Waals surface area contributed by atoms with Crippen LogP contribution in [-0.2, 0) is 0 Å². The van der Waals surface area contributed by atoms with Crippen molar-refractivity contribution in [2.24, 2.45) is 0 Å². The van der Waals surface area contributed by atoms with E-state index in [1.807, 2.05) is 36.7 Å². The van der Waals surface area contributed by atoms with Crippen LogP contribution >= 0.6 is 0 Å². The normalized spacial score (nSPS) is 12.1. The van der Waals surface area contributed by atoms with Crippen LogP contribution < -0.4 is 0 Å². The summed E-state index contributed by atoms with van der Waals surface area (Å²) in [4.78, 5) is 15.1. The van der Waals surface area contributed by atoms with Crippen LogP contribution in [0.3, 0.4) is 0 Å². The van der Waals surface area contributed by atoms with Crippen LogP contribution in [0.4, 0.5) is 0 Å². The molecular formula is C43H25N5O. The van der Waals surface area contributed by atoms with E-state index in [4.69, 9.17) is 14.4 Å². The highest BCUT2D eigenvalue weighted by Gasteiger charge is 2.24. The average molecular weight is 628 g/mol. The first-order valence-electron chi connectivity index (χ1n) is 16.4. The van der Waals surface area contributed by atoms with Crippen LogP contribution in [0.1, 0.15) is 0 Å². The highest BCUT2D eigenvalue weighted by atomic mass is 16.3. The van der Waals surface area contributed by atoms with E-state index in [-0.39, 0.29) is 0 Å². The number of hydrogen-bond acceptors (Lipinski definition) is 4. The number of nitrogens with zero attached hydrogens (tertiary/aromatic N) is 5. The smallest absolute Gasteiger partial charge is 0.238 e. The van der Waals surface area contributed by atoms with Gasteiger partial charge in [-0.2, -0.15) is 4.98 Å². The van der Waals surface area contributed by atoms with Crippen molar-refractivity contribution in [3.8, 4) is 22.9 Å². The molecule has 0 saturated heterocycles. The van der Waals surface area contributed by atoms with Crippen LogP contribution in [0.15, 0.2) is 156 Å². The van der Waals surface area contributed by atoms with E-state index >= 15 is 0 Å². The van der Waals surface area contributed by atoms with Gasteiger partial charge in [-0.15, -0.1) is 0 Å². The molecule has 0 unspecified atom stereocenters. The molecule has 11 rings (SSSR count). The first-order valence-corrected chi connectivity index (χ1v) is 16.4. The van der Waals surface area contributed by atoms with Crippen LogP contribution in [0, 0.1) is 0 Å². The largest absolute Gasteiger partial charge is 0.437 e. The third-order valence-corrected chi connectivity index (χ3v) is 9.82. The number of rotatable bonds is 3. The number of hydrogen-bond donors (Lipinski definition) is 0. The van der Waals surface area contributed by atoms with Crippen molar-refractivity contribution in [3.63, 3.8) is 0 Å². The predicted molar refractivity (Wildman–Crippen MR) is 199 cm³/mol. The van der Waals surface area contributed by atoms with Crippen LogP contribution in [0.5, 0.6) is 0 Å². The van der Waals surface area contributed by atoms with E-state index < -0.39 is 0 Å². The van der Waals surface area contributed by atoms with Crippen molar-refractivity contribution in [2.45, 2.75) is 0 Å². The van der Waals surface area contributed by atoms with Crippen molar-refractivity contribution in [1.29, 1.82) is 0 Å². The number of pyridine rings is 1. The number of furan rings is 1. The topological polar surface area (TPSA) is 61.7 Å². The Kier molecular flexibility index (Phi) is 5.29. The lowest BCUT2D eigenvalue weighted by Gasteiger charge is -2.11. The van der Waals surface area contributed by atoms with Gasteiger partial charge in [0.05, 0.1) is 45.0 Å². The Morgan fingerprint density at radius 2 is 1.27 bits per heavy atom. The van der Waals surface area contributed by atoms with Crippen molar-refractivity contribution < 1.29 is 4.42 Å². The molecule has 0 saturated carbocycles. The summed E-state index contributed by atoms with van der Waals surface area (Å²) in [5, 5.41) is 8.88. The first-order chi connectivity index (χ1) is 24.3. The van der Waals surface area contributed by atoms with E-state index in [9.17, 15) is 0 Å². The van der Waals surface area contributed by atoms with Gasteiger partial charge < -0.3 is 8.98 Å². The molecule has 0 bridgehead atoms. The monoisotopic (exact) mass is 627 g/mol. The van der Waals surface area contributed by atoms with Gasteiger partial charge in [0.1, 0.15) is 5.58 Å². The summed E-state index contributed by atoms with van der Waals surface area (Å²) in [5.74, 6) is 0.560. The van der Waals surface area contributed by atoms with Gasteiger partial charge in [0.2, 0.25) is 11.7 Å². The van der Waals surface area contributed by atoms with E-state index in [1.165, 1.54) is 16.2 Å². The van der Waals surface area contributed by atoms with Gasteiger partial charge in [-0.25, -0.2) is 4.98 Å². The zero-order chi connectivity index (χ0) is 32.1. The third kappa shape index (κ3) is 3.68. The molecule has 6 nitrogen and oxygen atoms in total. The molecule has 5 heterocycles. The standard InChI is InChI=1S/C43H25N5O/c1-2-11-27-24-28(20-19-26(27)10-1)40-39-33-15-5-8-18-37(33)49-42(39)46-43(45-40)48-35-17-7-4-14-32(35)38-36(48)22-21-31-30-13-3-6-16-34(30)47(41(31)38)29-12-9-23-44-25-29/h1-25H. The first kappa shape index (κ1) is 26.3. The lowest BCUT2D eigenvalue weighted by molar-refractivity contribution is 0.651. The summed E-state index contributed by atoms with van der Waals surface area (Å²) in [6, 6.07) is 48.7. The second kappa shape index (κ2) is 9.86. The summed E-state index contributed by atoms with van der Waals surface area (Å²) in [6.45, 7) is 0. The van der Waals surface area contributed by atoms with Gasteiger partial charge >= 0.3 is 0 Å². The van der Waals surface area contributed by atoms with E-state index in [1.54, 1.807) is 0 Å². The predicted octanol–water partition coefficient (Wildman–Crippen LogP) is 10.8. The van der Waals surface area contributed by atoms with Gasteiger partial charge in [-0.3, -0.25) is 9.55 Å². The lowest BCUT2D eigenvalue weighted by Crippen LogP contribution is -2.03. The molecule has 0 aliphatic carbocycles. The minimum atomic E-state index is 0.560. The number of benzene rings is 6. The second-order valence-corrected chi connectivity index (χ2v) is 12.5. The average Bonchev–Trinajstić information content (AvgIpc) is 3.82. The molecule has 11 aromatic rings. The molecule has 0 N–H and O–H groups in total. The number of para-hydroxylation sites is 3. The van der Waals surface area contributed by atoms with Crippen LogP contribution in [0.2, 0.25) is 0 Å². The van der Waals surface area contributed by atoms with Crippen LogP contribution in [0.25, 0.3) is 99.3 Å². The summed E-state index contributed by atoms with van der Waals surface area (Å²) in [5.41, 5.74) is 8.51. The Hall–Kier alpha value is -6.79. The maximum Gasteiger partial charge on any atom is 0.238 e. The van der Waals surface area contributed by atoms with Crippen molar-refractivity contribution in [2.75, 3.05) is 0 Å². The van der Waals surface area contributed by atoms with Gasteiger partial charge in [-0.1, -0.05) is 97.1 Å². The molecule has 6 heteroatoms. The molecule has 0 amide bonds. The lowest BCUT2D eigenvalue weighted by atomic mass is 10.0. The molecular weight excluding hydrogens is 603 g/mol. The Balaban J connectivity index is 1.29. The van der Waals surface area contributed by atoms with E-state index in [2.05, 4.69) is 129 Å². The highest BCUT2D eigenvalue weighted by Crippen LogP contribution is 2.43. The Labute approximate surface area is 279 Å². The molecule has 0 aliphatic rings. The molecule has 228 valence electrons. The summed E-state index contributed by atoms with van der Waals surface area (Å²) < 4.78 is 11.0. The molecule has 49 heavy (non-hydrogen) atoms. The molecule has 0 spiro atoms. The number of fused-ring (bicyclic) bond motifs is 11. The Bertz CT molecular complexity index is 3110. The van der Waals surface area contributed by atoms with Crippen molar-refractivity contribution in [3.05, 3.63) is 152 Å². The maximum atomic E-state index is 6.48. The summed E-state index contributed by atoms with van der Waals surface area (Å²) in [7, 11) is 0. The Morgan fingerprint density at radius 3 is 2.12 bits per heavy atom. The molecule has 0 atom stereocenters. The van der Waals surface area contributed by atoms with Crippen LogP contribution in [-0.4, -0.2) is 24.1 Å². The fraction of sp³-hybridized carbons (Fsp3) is 0. The quantitative estimate of drug-likeness (QED) is 0.196. The molecule has 0 aliphatic heterocycles. The van der Waals surface area contributed by atoms with Crippen molar-refractivity contribution >= 4 is 76.5 Å². The minimum Gasteiger partial charge on any atom is -0.437 e. The zero-order valence-corrected chi connectivity index (χ0v) is 26.1. The van der Waals surface area contributed by atoms with Gasteiger partial charge in [0, 0.05) is 38.7 Å². The number of aromatic nitrogens is 5. The van der Waals surface area contributed by atoms with Gasteiger partial charge in [0.15, 0.2) is 0 Å². The molecule has 0 fully saturated rings. The van der Waals surface area contributed by atoms with Gasteiger partial charge in [-0.05, 0) is 53.2 Å². The van der Waals surface area contributed by atoms with Gasteiger partial charge in [0.25, 0.3) is 0 Å². The molecule has 0 radical (unpaired) electrons. The molecule has 5 aromatic heterocycles. The summed E-state index contributed by atoms with van der Waals surface area (Å²) >= 11 is 0. The molecule has 6 aromatic carbocycles. The van der Waals surface area contributed by atoms with E-state index in [0.29, 0.717) is 11.7 Å². The minimum absolute atomic E-state index is 0.560. The second-order valence-electron chi connectivity index (χ2n) is 12.5. The SMILES string of the molecule is c1cncc(-n2c3ccccc3c3ccc4c(c5ccccc5n4-c4nc(-c5ccc6ccccc6c5)c5c(n4)oc4ccccc45)c32)c1. The Morgan fingerprint density at radius 1 is 0.510 bits per heavy atom.